The topological polar surface area (TPSA) is 115 Å². The van der Waals surface area contributed by atoms with Gasteiger partial charge in [-0.1, -0.05) is 12.1 Å². The number of aryl methyl sites for hydroxylation is 1. The fourth-order valence-corrected chi connectivity index (χ4v) is 5.28. The van der Waals surface area contributed by atoms with Crippen molar-refractivity contribution in [2.45, 2.75) is 24.7 Å². The zero-order valence-corrected chi connectivity index (χ0v) is 19.3. The van der Waals surface area contributed by atoms with Gasteiger partial charge in [0.2, 0.25) is 15.9 Å². The monoisotopic (exact) mass is 469 g/mol. The van der Waals surface area contributed by atoms with Crippen molar-refractivity contribution in [3.63, 3.8) is 0 Å². The van der Waals surface area contributed by atoms with E-state index in [0.717, 1.165) is 23.3 Å². The molecule has 0 bridgehead atoms. The van der Waals surface area contributed by atoms with E-state index in [-0.39, 0.29) is 29.8 Å². The predicted molar refractivity (Wildman–Crippen MR) is 124 cm³/mol. The molecule has 33 heavy (non-hydrogen) atoms. The van der Waals surface area contributed by atoms with Crippen molar-refractivity contribution in [1.29, 1.82) is 0 Å². The number of H-pyrrole nitrogens is 1. The van der Waals surface area contributed by atoms with Crippen LogP contribution in [0.1, 0.15) is 29.5 Å². The number of imidazole rings is 1. The number of sulfonamides is 1. The van der Waals surface area contributed by atoms with E-state index in [0.29, 0.717) is 31.6 Å². The third kappa shape index (κ3) is 5.23. The number of nitrogens with one attached hydrogen (secondary N) is 2. The first kappa shape index (κ1) is 22.9. The summed E-state index contributed by atoms with van der Waals surface area (Å²) >= 11 is 0. The molecule has 0 aliphatic carbocycles. The first-order valence-corrected chi connectivity index (χ1v) is 12.4. The van der Waals surface area contributed by atoms with Gasteiger partial charge in [-0.05, 0) is 42.8 Å². The highest BCUT2D eigenvalue weighted by Gasteiger charge is 2.29. The van der Waals surface area contributed by atoms with Crippen LogP contribution in [0.2, 0.25) is 0 Å². The summed E-state index contributed by atoms with van der Waals surface area (Å²) in [6.45, 7) is 3.24. The highest BCUT2D eigenvalue weighted by atomic mass is 32.2. The molecule has 0 radical (unpaired) electrons. The molecule has 0 spiro atoms. The van der Waals surface area contributed by atoms with Crippen molar-refractivity contribution in [2.24, 2.45) is 0 Å². The van der Waals surface area contributed by atoms with Gasteiger partial charge < -0.3 is 15.2 Å². The minimum Gasteiger partial charge on any atom is -0.352 e. The molecule has 1 fully saturated rings. The van der Waals surface area contributed by atoms with Crippen LogP contribution in [0.3, 0.4) is 0 Å². The van der Waals surface area contributed by atoms with E-state index >= 15 is 0 Å². The third-order valence-corrected chi connectivity index (χ3v) is 7.67. The van der Waals surface area contributed by atoms with Crippen molar-refractivity contribution in [2.75, 3.05) is 32.7 Å². The lowest BCUT2D eigenvalue weighted by molar-refractivity contribution is -0.129. The summed E-state index contributed by atoms with van der Waals surface area (Å²) < 4.78 is 27.1. The molecule has 1 saturated heterocycles. The number of carbonyl (C=O) groups is 2. The van der Waals surface area contributed by atoms with Crippen molar-refractivity contribution in [3.05, 3.63) is 59.9 Å². The number of aromatic amines is 1. The molecule has 2 N–H and O–H groups in total. The van der Waals surface area contributed by atoms with Crippen molar-refractivity contribution < 1.29 is 18.0 Å². The molecule has 1 aromatic heterocycles. The number of hydrogen-bond acceptors (Lipinski definition) is 5. The summed E-state index contributed by atoms with van der Waals surface area (Å²) in [7, 11) is -3.66. The SMILES string of the molecule is CC(=O)N1CCN(S(=O)(=O)c2ccc(C(=O)NCCCc3nc4ccccc4[nH]3)cc2)CC1. The van der Waals surface area contributed by atoms with Crippen molar-refractivity contribution in [1.82, 2.24) is 24.5 Å². The molecular weight excluding hydrogens is 442 g/mol. The number of para-hydroxylation sites is 2. The molecule has 4 rings (SSSR count). The molecule has 0 saturated carbocycles. The van der Waals surface area contributed by atoms with Gasteiger partial charge >= 0.3 is 0 Å². The molecule has 1 aliphatic heterocycles. The number of nitrogens with zero attached hydrogens (tertiary/aromatic N) is 3. The number of piperazine rings is 1. The maximum atomic E-state index is 12.9. The maximum Gasteiger partial charge on any atom is 0.251 e. The molecule has 2 heterocycles. The number of amides is 2. The Hall–Kier alpha value is -3.24. The summed E-state index contributed by atoms with van der Waals surface area (Å²) in [5, 5.41) is 2.86. The Bertz CT molecular complexity index is 1210. The van der Waals surface area contributed by atoms with Crippen LogP contribution < -0.4 is 5.32 Å². The average molecular weight is 470 g/mol. The highest BCUT2D eigenvalue weighted by molar-refractivity contribution is 7.89. The Kier molecular flexibility index (Phi) is 6.75. The third-order valence-electron chi connectivity index (χ3n) is 5.75. The molecule has 9 nitrogen and oxygen atoms in total. The molecule has 2 aromatic carbocycles. The Labute approximate surface area is 192 Å². The van der Waals surface area contributed by atoms with Crippen LogP contribution in [0.15, 0.2) is 53.4 Å². The molecule has 0 unspecified atom stereocenters. The van der Waals surface area contributed by atoms with Crippen molar-refractivity contribution in [3.8, 4) is 0 Å². The molecular formula is C23H27N5O4S. The smallest absolute Gasteiger partial charge is 0.251 e. The van der Waals surface area contributed by atoms with Gasteiger partial charge in [-0.3, -0.25) is 9.59 Å². The second-order valence-electron chi connectivity index (χ2n) is 7.99. The number of benzene rings is 2. The van der Waals surface area contributed by atoms with E-state index in [4.69, 9.17) is 0 Å². The zero-order chi connectivity index (χ0) is 23.4. The lowest BCUT2D eigenvalue weighted by atomic mass is 10.2. The van der Waals surface area contributed by atoms with Crippen LogP contribution in [-0.2, 0) is 21.2 Å². The molecule has 3 aromatic rings. The first-order chi connectivity index (χ1) is 15.8. The molecule has 2 amide bonds. The largest absolute Gasteiger partial charge is 0.352 e. The van der Waals surface area contributed by atoms with Crippen molar-refractivity contribution >= 4 is 32.9 Å². The van der Waals surface area contributed by atoms with Crippen LogP contribution >= 0.6 is 0 Å². The van der Waals surface area contributed by atoms with Gasteiger partial charge in [0.25, 0.3) is 5.91 Å². The Balaban J connectivity index is 1.28. The summed E-state index contributed by atoms with van der Waals surface area (Å²) in [6, 6.07) is 13.8. The molecule has 10 heteroatoms. The van der Waals surface area contributed by atoms with Gasteiger partial charge in [-0.2, -0.15) is 4.31 Å². The van der Waals surface area contributed by atoms with Gasteiger partial charge in [-0.25, -0.2) is 13.4 Å². The normalized spacial score (nSPS) is 15.0. The fourth-order valence-electron chi connectivity index (χ4n) is 3.85. The van der Waals surface area contributed by atoms with Gasteiger partial charge in [0, 0.05) is 51.6 Å². The Morgan fingerprint density at radius 3 is 2.39 bits per heavy atom. The molecule has 174 valence electrons. The number of fused-ring (bicyclic) bond motifs is 1. The van der Waals surface area contributed by atoms with E-state index in [2.05, 4.69) is 15.3 Å². The Morgan fingerprint density at radius 2 is 1.73 bits per heavy atom. The van der Waals surface area contributed by atoms with Gasteiger partial charge in [0.15, 0.2) is 0 Å². The average Bonchev–Trinajstić information content (AvgIpc) is 3.25. The minimum absolute atomic E-state index is 0.0556. The minimum atomic E-state index is -3.66. The standard InChI is InChI=1S/C23H27N5O4S/c1-17(29)27-13-15-28(16-14-27)33(31,32)19-10-8-18(9-11-19)23(30)24-12-4-7-22-25-20-5-2-3-6-21(20)26-22/h2-3,5-6,8-11H,4,7,12-16H2,1H3,(H,24,30)(H,25,26). The molecule has 1 aliphatic rings. The lowest BCUT2D eigenvalue weighted by Gasteiger charge is -2.33. The van der Waals surface area contributed by atoms with Gasteiger partial charge in [-0.15, -0.1) is 0 Å². The van der Waals surface area contributed by atoms with Gasteiger partial charge in [0.1, 0.15) is 5.82 Å². The lowest BCUT2D eigenvalue weighted by Crippen LogP contribution is -2.49. The number of carbonyl (C=O) groups excluding carboxylic acids is 2. The highest BCUT2D eigenvalue weighted by Crippen LogP contribution is 2.18. The van der Waals surface area contributed by atoms with E-state index in [1.165, 1.54) is 35.5 Å². The quantitative estimate of drug-likeness (QED) is 0.512. The summed E-state index contributed by atoms with van der Waals surface area (Å²) in [4.78, 5) is 33.4. The Morgan fingerprint density at radius 1 is 1.03 bits per heavy atom. The first-order valence-electron chi connectivity index (χ1n) is 10.9. The van der Waals surface area contributed by atoms with Crippen LogP contribution in [0, 0.1) is 0 Å². The fraction of sp³-hybridized carbons (Fsp3) is 0.348. The predicted octanol–water partition coefficient (Wildman–Crippen LogP) is 1.78. The van der Waals surface area contributed by atoms with E-state index in [1.54, 1.807) is 4.90 Å². The maximum absolute atomic E-state index is 12.9. The number of aromatic nitrogens is 2. The van der Waals surface area contributed by atoms with Crippen LogP contribution in [0.5, 0.6) is 0 Å². The van der Waals surface area contributed by atoms with Crippen LogP contribution in [0.25, 0.3) is 11.0 Å². The van der Waals surface area contributed by atoms with E-state index in [1.807, 2.05) is 24.3 Å². The second kappa shape index (κ2) is 9.72. The molecule has 0 atom stereocenters. The van der Waals surface area contributed by atoms with E-state index < -0.39 is 10.0 Å². The number of rotatable bonds is 7. The zero-order valence-electron chi connectivity index (χ0n) is 18.5. The van der Waals surface area contributed by atoms with Crippen LogP contribution in [-0.4, -0.2) is 72.1 Å². The summed E-state index contributed by atoms with van der Waals surface area (Å²) in [5.74, 6) is 0.572. The summed E-state index contributed by atoms with van der Waals surface area (Å²) in [5.41, 5.74) is 2.32. The van der Waals surface area contributed by atoms with Crippen LogP contribution in [0.4, 0.5) is 0 Å². The second-order valence-corrected chi connectivity index (χ2v) is 9.93. The van der Waals surface area contributed by atoms with E-state index in [9.17, 15) is 18.0 Å². The number of hydrogen-bond donors (Lipinski definition) is 2. The summed E-state index contributed by atoms with van der Waals surface area (Å²) in [6.07, 6.45) is 1.44. The van der Waals surface area contributed by atoms with Gasteiger partial charge in [0.05, 0.1) is 15.9 Å².